The second kappa shape index (κ2) is 5.17. The average molecular weight is 359 g/mol. The summed E-state index contributed by atoms with van der Waals surface area (Å²) in [5.41, 5.74) is -0.942. The van der Waals surface area contributed by atoms with E-state index in [9.17, 15) is 15.0 Å². The molecule has 0 radical (unpaired) electrons. The molecule has 2 saturated heterocycles. The van der Waals surface area contributed by atoms with Gasteiger partial charge in [-0.05, 0) is 19.8 Å². The fourth-order valence-electron chi connectivity index (χ4n) is 5.28. The van der Waals surface area contributed by atoms with Crippen LogP contribution in [0.1, 0.15) is 26.7 Å². The Morgan fingerprint density at radius 3 is 2.83 bits per heavy atom. The molecule has 1 spiro atoms. The van der Waals surface area contributed by atoms with Crippen LogP contribution in [0.15, 0.2) is 11.6 Å². The molecular formula is C17H23ClO6. The minimum Gasteiger partial charge on any atom is -0.464 e. The molecule has 0 aromatic rings. The minimum atomic E-state index is -1.02. The van der Waals surface area contributed by atoms with E-state index < -0.39 is 40.7 Å². The first-order chi connectivity index (χ1) is 11.3. The maximum absolute atomic E-state index is 11.7. The summed E-state index contributed by atoms with van der Waals surface area (Å²) >= 11 is 5.57. The number of aliphatic hydroxyl groups is 2. The Kier molecular flexibility index (Phi) is 3.62. The van der Waals surface area contributed by atoms with Crippen LogP contribution in [0, 0.1) is 10.8 Å². The Labute approximate surface area is 145 Å². The van der Waals surface area contributed by atoms with Gasteiger partial charge >= 0.3 is 5.97 Å². The summed E-state index contributed by atoms with van der Waals surface area (Å²) < 4.78 is 17.4. The smallest absolute Gasteiger partial charge is 0.320 e. The van der Waals surface area contributed by atoms with Gasteiger partial charge in [0, 0.05) is 10.8 Å². The first kappa shape index (κ1) is 16.8. The molecule has 2 aliphatic carbocycles. The lowest BCUT2D eigenvalue weighted by Gasteiger charge is -2.57. The monoisotopic (exact) mass is 358 g/mol. The van der Waals surface area contributed by atoms with Crippen LogP contribution in [0.4, 0.5) is 0 Å². The summed E-state index contributed by atoms with van der Waals surface area (Å²) in [6, 6.07) is 0. The van der Waals surface area contributed by atoms with E-state index in [0.29, 0.717) is 13.0 Å². The van der Waals surface area contributed by atoms with Crippen LogP contribution in [-0.2, 0) is 19.0 Å². The van der Waals surface area contributed by atoms with Crippen molar-refractivity contribution in [3.63, 3.8) is 0 Å². The lowest BCUT2D eigenvalue weighted by molar-refractivity contribution is -0.230. The predicted octanol–water partition coefficient (Wildman–Crippen LogP) is 0.773. The fourth-order valence-corrected chi connectivity index (χ4v) is 5.35. The molecule has 0 amide bonds. The predicted molar refractivity (Wildman–Crippen MR) is 84.6 cm³/mol. The van der Waals surface area contributed by atoms with E-state index in [0.717, 1.165) is 6.42 Å². The number of carbonyl (C=O) groups is 1. The molecule has 2 N–H and O–H groups in total. The van der Waals surface area contributed by atoms with E-state index in [-0.39, 0.29) is 18.6 Å². The Morgan fingerprint density at radius 2 is 2.21 bits per heavy atom. The number of allylic oxidation sites excluding steroid dienone is 1. The van der Waals surface area contributed by atoms with Crippen molar-refractivity contribution in [1.82, 2.24) is 0 Å². The fraction of sp³-hybridized carbons (Fsp3) is 0.824. The molecule has 134 valence electrons. The average Bonchev–Trinajstić information content (AvgIpc) is 3.35. The van der Waals surface area contributed by atoms with Gasteiger partial charge in [-0.15, -0.1) is 11.6 Å². The molecule has 24 heavy (non-hydrogen) atoms. The number of epoxide rings is 1. The summed E-state index contributed by atoms with van der Waals surface area (Å²) in [5.74, 6) is -0.719. The minimum absolute atomic E-state index is 0.0884. The molecule has 6 nitrogen and oxygen atoms in total. The molecular weight excluding hydrogens is 336 g/mol. The summed E-state index contributed by atoms with van der Waals surface area (Å²) in [6.45, 7) is 4.49. The molecule has 0 aromatic heterocycles. The lowest BCUT2D eigenvalue weighted by atomic mass is 9.51. The van der Waals surface area contributed by atoms with Gasteiger partial charge in [0.1, 0.15) is 30.3 Å². The standard InChI is InChI=1S/C17H23ClO6/c1-9-3-4-16(7-22-11(19)6-18)10(5-9)24-14-12(20)13(21)15(16,2)17(14)8-23-17/h5,10,12-14,20-21H,3-4,6-8H2,1-2H3/t10-,12-,13-,14?,15-,16-,17?/m1/s1. The van der Waals surface area contributed by atoms with Crippen molar-refractivity contribution >= 4 is 17.6 Å². The van der Waals surface area contributed by atoms with E-state index in [4.69, 9.17) is 25.8 Å². The number of hydrogen-bond acceptors (Lipinski definition) is 6. The van der Waals surface area contributed by atoms with Gasteiger partial charge in [0.15, 0.2) is 0 Å². The van der Waals surface area contributed by atoms with E-state index >= 15 is 0 Å². The summed E-state index contributed by atoms with van der Waals surface area (Å²) in [6.07, 6.45) is 0.607. The zero-order valence-electron chi connectivity index (χ0n) is 13.8. The Hall–Kier alpha value is -0.660. The number of rotatable bonds is 3. The van der Waals surface area contributed by atoms with E-state index in [2.05, 4.69) is 0 Å². The van der Waals surface area contributed by atoms with Crippen molar-refractivity contribution in [1.29, 1.82) is 0 Å². The Morgan fingerprint density at radius 1 is 1.50 bits per heavy atom. The van der Waals surface area contributed by atoms with E-state index in [1.54, 1.807) is 0 Å². The number of ether oxygens (including phenoxy) is 3. The van der Waals surface area contributed by atoms with Gasteiger partial charge in [0.05, 0.1) is 18.8 Å². The Bertz CT molecular complexity index is 602. The number of hydrogen-bond donors (Lipinski definition) is 2. The van der Waals surface area contributed by atoms with Gasteiger partial charge in [-0.2, -0.15) is 0 Å². The van der Waals surface area contributed by atoms with Crippen molar-refractivity contribution in [3.8, 4) is 0 Å². The number of halogens is 1. The van der Waals surface area contributed by atoms with Crippen LogP contribution in [0.2, 0.25) is 0 Å². The maximum atomic E-state index is 11.7. The lowest BCUT2D eigenvalue weighted by Crippen LogP contribution is -2.66. The first-order valence-corrected chi connectivity index (χ1v) is 8.90. The van der Waals surface area contributed by atoms with Crippen molar-refractivity contribution in [3.05, 3.63) is 11.6 Å². The molecule has 1 saturated carbocycles. The largest absolute Gasteiger partial charge is 0.464 e. The zero-order chi connectivity index (χ0) is 17.3. The molecule has 2 heterocycles. The van der Waals surface area contributed by atoms with Crippen molar-refractivity contribution in [2.24, 2.45) is 10.8 Å². The number of aliphatic hydroxyl groups excluding tert-OH is 2. The second-order valence-corrected chi connectivity index (χ2v) is 8.02. The summed E-state index contributed by atoms with van der Waals surface area (Å²) in [7, 11) is 0. The van der Waals surface area contributed by atoms with Gasteiger partial charge in [-0.25, -0.2) is 0 Å². The second-order valence-electron chi connectivity index (χ2n) is 7.76. The number of fused-ring (bicyclic) bond motifs is 2. The summed E-state index contributed by atoms with van der Waals surface area (Å²) in [4.78, 5) is 11.7. The van der Waals surface area contributed by atoms with Gasteiger partial charge < -0.3 is 24.4 Å². The molecule has 7 atom stereocenters. The Balaban J connectivity index is 1.80. The maximum Gasteiger partial charge on any atom is 0.320 e. The molecule has 4 aliphatic rings. The molecule has 2 bridgehead atoms. The third kappa shape index (κ3) is 1.78. The van der Waals surface area contributed by atoms with Gasteiger partial charge in [-0.3, -0.25) is 4.79 Å². The zero-order valence-corrected chi connectivity index (χ0v) is 14.6. The quantitative estimate of drug-likeness (QED) is 0.335. The highest BCUT2D eigenvalue weighted by molar-refractivity contribution is 6.26. The van der Waals surface area contributed by atoms with Gasteiger partial charge in [0.25, 0.3) is 0 Å². The highest BCUT2D eigenvalue weighted by atomic mass is 35.5. The van der Waals surface area contributed by atoms with E-state index in [1.807, 2.05) is 19.9 Å². The SMILES string of the molecule is CC1=C[C@H]2OC3[C@H](O)[C@@H](O)[C@@](C)(C34CO4)[C@@]2(COC(=O)CCl)CC1. The molecule has 0 aromatic carbocycles. The normalized spacial score (nSPS) is 52.0. The molecule has 3 fully saturated rings. The number of carbonyl (C=O) groups excluding carboxylic acids is 1. The number of esters is 1. The third-order valence-electron chi connectivity index (χ3n) is 6.89. The van der Waals surface area contributed by atoms with Crippen molar-refractivity contribution < 1.29 is 29.2 Å². The van der Waals surface area contributed by atoms with Crippen LogP contribution < -0.4 is 0 Å². The van der Waals surface area contributed by atoms with Gasteiger partial charge in [0.2, 0.25) is 0 Å². The van der Waals surface area contributed by atoms with Crippen molar-refractivity contribution in [2.45, 2.75) is 56.7 Å². The van der Waals surface area contributed by atoms with Crippen LogP contribution >= 0.6 is 11.6 Å². The number of alkyl halides is 1. The molecule has 2 aliphatic heterocycles. The van der Waals surface area contributed by atoms with Gasteiger partial charge in [-0.1, -0.05) is 18.6 Å². The highest BCUT2D eigenvalue weighted by Gasteiger charge is 2.84. The van der Waals surface area contributed by atoms with Crippen LogP contribution in [0.25, 0.3) is 0 Å². The first-order valence-electron chi connectivity index (χ1n) is 8.37. The highest BCUT2D eigenvalue weighted by Crippen LogP contribution is 2.71. The molecule has 4 rings (SSSR count). The van der Waals surface area contributed by atoms with Crippen LogP contribution in [0.3, 0.4) is 0 Å². The van der Waals surface area contributed by atoms with Crippen LogP contribution in [-0.4, -0.2) is 65.3 Å². The topological polar surface area (TPSA) is 88.5 Å². The van der Waals surface area contributed by atoms with Crippen LogP contribution in [0.5, 0.6) is 0 Å². The summed E-state index contributed by atoms with van der Waals surface area (Å²) in [5, 5.41) is 21.5. The molecule has 2 unspecified atom stereocenters. The van der Waals surface area contributed by atoms with Crippen molar-refractivity contribution in [2.75, 3.05) is 19.1 Å². The third-order valence-corrected chi connectivity index (χ3v) is 7.11. The van der Waals surface area contributed by atoms with E-state index in [1.165, 1.54) is 5.57 Å². The molecule has 7 heteroatoms.